The maximum Gasteiger partial charge on any atom is 0.416 e. The normalized spacial score (nSPS) is 13.0. The third-order valence-electron chi connectivity index (χ3n) is 2.87. The first-order valence-electron chi connectivity index (χ1n) is 6.19. The summed E-state index contributed by atoms with van der Waals surface area (Å²) in [6.07, 6.45) is -4.90. The number of hydrogen-bond acceptors (Lipinski definition) is 2. The van der Waals surface area contributed by atoms with Crippen LogP contribution in [0.2, 0.25) is 0 Å². The van der Waals surface area contributed by atoms with E-state index in [9.17, 15) is 13.2 Å². The average molecular weight is 360 g/mol. The van der Waals surface area contributed by atoms with Gasteiger partial charge in [0.05, 0.1) is 5.56 Å². The quantitative estimate of drug-likeness (QED) is 0.869. The summed E-state index contributed by atoms with van der Waals surface area (Å²) in [5, 5.41) is 0. The van der Waals surface area contributed by atoms with E-state index in [2.05, 4.69) is 15.9 Å². The van der Waals surface area contributed by atoms with Crippen LogP contribution in [0, 0.1) is 0 Å². The third-order valence-corrected chi connectivity index (χ3v) is 3.37. The number of benzene rings is 2. The topological polar surface area (TPSA) is 35.2 Å². The van der Waals surface area contributed by atoms with Crippen molar-refractivity contribution in [1.82, 2.24) is 0 Å². The predicted molar refractivity (Wildman–Crippen MR) is 78.0 cm³/mol. The molecule has 0 saturated heterocycles. The molecular weight excluding hydrogens is 347 g/mol. The average Bonchev–Trinajstić information content (AvgIpc) is 2.44. The minimum absolute atomic E-state index is 0.139. The molecule has 2 aromatic carbocycles. The number of ether oxygens (including phenoxy) is 1. The standard InChI is InChI=1S/C15H13BrF3NO/c16-12-5-1-3-10(7-12)14(9-20)21-13-6-2-4-11(8-13)15(17,18)19/h1-8,14H,9,20H2. The highest BCUT2D eigenvalue weighted by molar-refractivity contribution is 9.10. The number of nitrogens with two attached hydrogens (primary N) is 1. The molecule has 0 aliphatic carbocycles. The molecule has 0 radical (unpaired) electrons. The number of alkyl halides is 3. The van der Waals surface area contributed by atoms with Crippen LogP contribution in [-0.2, 0) is 6.18 Å². The van der Waals surface area contributed by atoms with Crippen LogP contribution >= 0.6 is 15.9 Å². The SMILES string of the molecule is NCC(Oc1cccc(C(F)(F)F)c1)c1cccc(Br)c1. The van der Waals surface area contributed by atoms with Crippen LogP contribution in [-0.4, -0.2) is 6.54 Å². The van der Waals surface area contributed by atoms with Crippen molar-refractivity contribution in [2.75, 3.05) is 6.54 Å². The van der Waals surface area contributed by atoms with Crippen molar-refractivity contribution in [2.24, 2.45) is 5.73 Å². The second kappa shape index (κ2) is 6.49. The Kier molecular flexibility index (Phi) is 4.90. The summed E-state index contributed by atoms with van der Waals surface area (Å²) in [6.45, 7) is 0.159. The summed E-state index contributed by atoms with van der Waals surface area (Å²) in [5.41, 5.74) is 5.71. The van der Waals surface area contributed by atoms with Crippen molar-refractivity contribution in [2.45, 2.75) is 12.3 Å². The van der Waals surface area contributed by atoms with Crippen molar-refractivity contribution in [3.63, 3.8) is 0 Å². The molecule has 0 saturated carbocycles. The van der Waals surface area contributed by atoms with Gasteiger partial charge in [-0.25, -0.2) is 0 Å². The van der Waals surface area contributed by atoms with Gasteiger partial charge in [-0.2, -0.15) is 13.2 Å². The Balaban J connectivity index is 2.23. The van der Waals surface area contributed by atoms with Crippen molar-refractivity contribution in [3.05, 3.63) is 64.1 Å². The molecule has 2 aromatic rings. The van der Waals surface area contributed by atoms with Crippen molar-refractivity contribution in [1.29, 1.82) is 0 Å². The Labute approximate surface area is 128 Å². The molecule has 0 aliphatic heterocycles. The Morgan fingerprint density at radius 1 is 1.10 bits per heavy atom. The van der Waals surface area contributed by atoms with Crippen molar-refractivity contribution < 1.29 is 17.9 Å². The highest BCUT2D eigenvalue weighted by atomic mass is 79.9. The molecule has 0 spiro atoms. The summed E-state index contributed by atoms with van der Waals surface area (Å²) >= 11 is 3.34. The van der Waals surface area contributed by atoms with Crippen LogP contribution in [0.5, 0.6) is 5.75 Å². The second-order valence-electron chi connectivity index (χ2n) is 4.42. The van der Waals surface area contributed by atoms with E-state index in [1.54, 1.807) is 0 Å². The fourth-order valence-corrected chi connectivity index (χ4v) is 2.29. The number of halogens is 4. The van der Waals surface area contributed by atoms with E-state index in [0.29, 0.717) is 0 Å². The number of hydrogen-bond donors (Lipinski definition) is 1. The predicted octanol–water partition coefficient (Wildman–Crippen LogP) is 4.55. The molecule has 0 bridgehead atoms. The Morgan fingerprint density at radius 2 is 1.81 bits per heavy atom. The van der Waals surface area contributed by atoms with Gasteiger partial charge in [-0.15, -0.1) is 0 Å². The van der Waals surface area contributed by atoms with E-state index in [4.69, 9.17) is 10.5 Å². The van der Waals surface area contributed by atoms with Crippen LogP contribution < -0.4 is 10.5 Å². The Hall–Kier alpha value is -1.53. The molecule has 0 amide bonds. The lowest BCUT2D eigenvalue weighted by Crippen LogP contribution is -2.18. The highest BCUT2D eigenvalue weighted by Crippen LogP contribution is 2.32. The van der Waals surface area contributed by atoms with Crippen LogP contribution in [0.1, 0.15) is 17.2 Å². The van der Waals surface area contributed by atoms with E-state index >= 15 is 0 Å². The smallest absolute Gasteiger partial charge is 0.416 e. The number of rotatable bonds is 4. The largest absolute Gasteiger partial charge is 0.484 e. The van der Waals surface area contributed by atoms with Gasteiger partial charge in [0.25, 0.3) is 0 Å². The van der Waals surface area contributed by atoms with E-state index < -0.39 is 17.8 Å². The molecule has 2 rings (SSSR count). The van der Waals surface area contributed by atoms with Gasteiger partial charge in [-0.1, -0.05) is 34.1 Å². The van der Waals surface area contributed by atoms with Crippen LogP contribution in [0.25, 0.3) is 0 Å². The monoisotopic (exact) mass is 359 g/mol. The molecule has 6 heteroatoms. The molecule has 2 nitrogen and oxygen atoms in total. The fourth-order valence-electron chi connectivity index (χ4n) is 1.87. The van der Waals surface area contributed by atoms with Crippen molar-refractivity contribution in [3.8, 4) is 5.75 Å². The molecule has 2 N–H and O–H groups in total. The van der Waals surface area contributed by atoms with Gasteiger partial charge in [0, 0.05) is 11.0 Å². The minimum atomic E-state index is -4.40. The molecule has 112 valence electrons. The maximum atomic E-state index is 12.7. The van der Waals surface area contributed by atoms with Gasteiger partial charge in [-0.3, -0.25) is 0 Å². The molecule has 0 aromatic heterocycles. The van der Waals surface area contributed by atoms with Crippen LogP contribution in [0.4, 0.5) is 13.2 Å². The zero-order valence-corrected chi connectivity index (χ0v) is 12.5. The van der Waals surface area contributed by atoms with Crippen LogP contribution in [0.15, 0.2) is 53.0 Å². The summed E-state index contributed by atoms with van der Waals surface area (Å²) in [6, 6.07) is 12.1. The maximum absolute atomic E-state index is 12.7. The zero-order valence-electron chi connectivity index (χ0n) is 10.9. The molecular formula is C15H13BrF3NO. The Morgan fingerprint density at radius 3 is 2.43 bits per heavy atom. The molecule has 1 atom stereocenters. The van der Waals surface area contributed by atoms with E-state index in [0.717, 1.165) is 22.2 Å². The van der Waals surface area contributed by atoms with Gasteiger partial charge >= 0.3 is 6.18 Å². The summed E-state index contributed by atoms with van der Waals surface area (Å²) in [7, 11) is 0. The van der Waals surface area contributed by atoms with Gasteiger partial charge in [-0.05, 0) is 35.9 Å². The lowest BCUT2D eigenvalue weighted by atomic mass is 10.1. The molecule has 0 heterocycles. The molecule has 0 aliphatic rings. The van der Waals surface area contributed by atoms with E-state index in [1.165, 1.54) is 12.1 Å². The van der Waals surface area contributed by atoms with Gasteiger partial charge in [0.15, 0.2) is 0 Å². The van der Waals surface area contributed by atoms with Crippen molar-refractivity contribution >= 4 is 15.9 Å². The van der Waals surface area contributed by atoms with Crippen LogP contribution in [0.3, 0.4) is 0 Å². The Bertz CT molecular complexity index is 616. The fraction of sp³-hybridized carbons (Fsp3) is 0.200. The first kappa shape index (κ1) is 15.9. The van der Waals surface area contributed by atoms with Gasteiger partial charge < -0.3 is 10.5 Å². The molecule has 1 unspecified atom stereocenters. The summed E-state index contributed by atoms with van der Waals surface area (Å²) < 4.78 is 44.5. The minimum Gasteiger partial charge on any atom is -0.484 e. The highest BCUT2D eigenvalue weighted by Gasteiger charge is 2.30. The van der Waals surface area contributed by atoms with Gasteiger partial charge in [0.1, 0.15) is 11.9 Å². The first-order chi connectivity index (χ1) is 9.90. The van der Waals surface area contributed by atoms with Gasteiger partial charge in [0.2, 0.25) is 0 Å². The zero-order chi connectivity index (χ0) is 15.5. The lowest BCUT2D eigenvalue weighted by Gasteiger charge is -2.19. The molecule has 21 heavy (non-hydrogen) atoms. The van der Waals surface area contributed by atoms with E-state index in [1.807, 2.05) is 24.3 Å². The summed E-state index contributed by atoms with van der Waals surface area (Å²) in [5.74, 6) is 0.139. The summed E-state index contributed by atoms with van der Waals surface area (Å²) in [4.78, 5) is 0. The lowest BCUT2D eigenvalue weighted by molar-refractivity contribution is -0.137. The molecule has 0 fully saturated rings. The van der Waals surface area contributed by atoms with E-state index in [-0.39, 0.29) is 12.3 Å². The first-order valence-corrected chi connectivity index (χ1v) is 6.99. The second-order valence-corrected chi connectivity index (χ2v) is 5.34. The third kappa shape index (κ3) is 4.22.